The van der Waals surface area contributed by atoms with Crippen molar-refractivity contribution in [2.75, 3.05) is 7.11 Å². The van der Waals surface area contributed by atoms with Crippen molar-refractivity contribution in [3.63, 3.8) is 0 Å². The molecular weight excluding hydrogens is 296 g/mol. The van der Waals surface area contributed by atoms with Gasteiger partial charge < -0.3 is 4.74 Å². The Kier molecular flexibility index (Phi) is 11.8. The molecule has 0 aromatic heterocycles. The average Bonchev–Trinajstić information content (AvgIpc) is 2.62. The Morgan fingerprint density at radius 1 is 0.875 bits per heavy atom. The second-order valence-electron chi connectivity index (χ2n) is 6.49. The molecule has 134 valence electrons. The molecule has 0 saturated carbocycles. The number of carbonyl (C=O) groups is 1. The number of hydrogen-bond donors (Lipinski definition) is 0. The zero-order valence-corrected chi connectivity index (χ0v) is 15.6. The van der Waals surface area contributed by atoms with Gasteiger partial charge in [-0.3, -0.25) is 4.79 Å². The third-order valence-electron chi connectivity index (χ3n) is 4.53. The number of carbonyl (C=O) groups excluding carboxylic acids is 1. The van der Waals surface area contributed by atoms with Gasteiger partial charge in [0.05, 0.1) is 7.11 Å². The highest BCUT2D eigenvalue weighted by atomic mass is 16.5. The number of hydrogen-bond acceptors (Lipinski definition) is 2. The molecule has 0 atom stereocenters. The van der Waals surface area contributed by atoms with Gasteiger partial charge in [0.25, 0.3) is 0 Å². The fourth-order valence-electron chi connectivity index (χ4n) is 3.01. The van der Waals surface area contributed by atoms with E-state index in [0.717, 1.165) is 36.0 Å². The lowest BCUT2D eigenvalue weighted by molar-refractivity contribution is -0.104. The van der Waals surface area contributed by atoms with Gasteiger partial charge in [0, 0.05) is 0 Å². The summed E-state index contributed by atoms with van der Waals surface area (Å²) in [5.74, 6) is 0.850. The van der Waals surface area contributed by atoms with Gasteiger partial charge in [0.2, 0.25) is 0 Å². The number of rotatable bonds is 14. The largest absolute Gasteiger partial charge is 0.497 e. The molecule has 0 aliphatic heterocycles. The van der Waals surface area contributed by atoms with Crippen LogP contribution in [0.3, 0.4) is 0 Å². The van der Waals surface area contributed by atoms with E-state index in [-0.39, 0.29) is 0 Å². The SMILES string of the molecule is CCCCCCCCCCCCC(=CC=O)c1ccc(OC)cc1. The molecule has 0 aliphatic rings. The number of ether oxygens (including phenoxy) is 1. The standard InChI is InChI=1S/C22H34O2/c1-3-4-5-6-7-8-9-10-11-12-13-20(18-19-23)21-14-16-22(24-2)17-15-21/h14-19H,3-13H2,1-2H3. The van der Waals surface area contributed by atoms with E-state index in [1.165, 1.54) is 57.8 Å². The lowest BCUT2D eigenvalue weighted by atomic mass is 9.98. The lowest BCUT2D eigenvalue weighted by Crippen LogP contribution is -1.89. The summed E-state index contributed by atoms with van der Waals surface area (Å²) in [6, 6.07) is 7.97. The van der Waals surface area contributed by atoms with Crippen LogP contribution in [0.5, 0.6) is 5.75 Å². The second kappa shape index (κ2) is 13.8. The lowest BCUT2D eigenvalue weighted by Gasteiger charge is -2.08. The van der Waals surface area contributed by atoms with Crippen molar-refractivity contribution in [3.05, 3.63) is 35.9 Å². The van der Waals surface area contributed by atoms with Crippen LogP contribution in [0.1, 0.15) is 83.1 Å². The molecule has 2 nitrogen and oxygen atoms in total. The van der Waals surface area contributed by atoms with Crippen LogP contribution >= 0.6 is 0 Å². The average molecular weight is 331 g/mol. The number of unbranched alkanes of at least 4 members (excludes halogenated alkanes) is 9. The first kappa shape index (κ1) is 20.5. The zero-order valence-electron chi connectivity index (χ0n) is 15.6. The van der Waals surface area contributed by atoms with Gasteiger partial charge in [-0.2, -0.15) is 0 Å². The van der Waals surface area contributed by atoms with E-state index in [2.05, 4.69) is 6.92 Å². The zero-order chi connectivity index (χ0) is 17.5. The number of aldehydes is 1. The highest BCUT2D eigenvalue weighted by molar-refractivity contribution is 5.81. The van der Waals surface area contributed by atoms with Gasteiger partial charge in [0.1, 0.15) is 12.0 Å². The molecule has 24 heavy (non-hydrogen) atoms. The van der Waals surface area contributed by atoms with Crippen molar-refractivity contribution in [2.45, 2.75) is 77.6 Å². The van der Waals surface area contributed by atoms with E-state index in [1.807, 2.05) is 24.3 Å². The smallest absolute Gasteiger partial charge is 0.143 e. The van der Waals surface area contributed by atoms with E-state index in [0.29, 0.717) is 0 Å². The van der Waals surface area contributed by atoms with E-state index in [1.54, 1.807) is 13.2 Å². The summed E-state index contributed by atoms with van der Waals surface area (Å²) in [4.78, 5) is 10.9. The van der Waals surface area contributed by atoms with Crippen LogP contribution in [0.2, 0.25) is 0 Å². The van der Waals surface area contributed by atoms with Crippen molar-refractivity contribution in [1.29, 1.82) is 0 Å². The van der Waals surface area contributed by atoms with Gasteiger partial charge in [0.15, 0.2) is 0 Å². The van der Waals surface area contributed by atoms with Crippen molar-refractivity contribution >= 4 is 11.9 Å². The number of benzene rings is 1. The fraction of sp³-hybridized carbons (Fsp3) is 0.591. The molecule has 1 rings (SSSR count). The van der Waals surface area contributed by atoms with Crippen LogP contribution in [0.15, 0.2) is 30.3 Å². The summed E-state index contributed by atoms with van der Waals surface area (Å²) in [6.07, 6.45) is 16.9. The topological polar surface area (TPSA) is 26.3 Å². The van der Waals surface area contributed by atoms with Crippen molar-refractivity contribution < 1.29 is 9.53 Å². The van der Waals surface area contributed by atoms with Gasteiger partial charge in [-0.25, -0.2) is 0 Å². The Morgan fingerprint density at radius 2 is 1.42 bits per heavy atom. The van der Waals surface area contributed by atoms with E-state index in [4.69, 9.17) is 4.74 Å². The van der Waals surface area contributed by atoms with E-state index >= 15 is 0 Å². The minimum absolute atomic E-state index is 0.850. The molecule has 2 heteroatoms. The highest BCUT2D eigenvalue weighted by Crippen LogP contribution is 2.23. The molecule has 0 spiro atoms. The van der Waals surface area contributed by atoms with Crippen molar-refractivity contribution in [1.82, 2.24) is 0 Å². The molecule has 0 bridgehead atoms. The quantitative estimate of drug-likeness (QED) is 0.218. The predicted molar refractivity (Wildman–Crippen MR) is 103 cm³/mol. The van der Waals surface area contributed by atoms with E-state index in [9.17, 15) is 4.79 Å². The highest BCUT2D eigenvalue weighted by Gasteiger charge is 2.02. The Balaban J connectivity index is 2.20. The Labute approximate surface area is 148 Å². The maximum Gasteiger partial charge on any atom is 0.143 e. The molecule has 0 fully saturated rings. The van der Waals surface area contributed by atoms with Crippen LogP contribution in [0.25, 0.3) is 5.57 Å². The predicted octanol–water partition coefficient (Wildman–Crippen LogP) is 6.59. The first-order chi connectivity index (χ1) is 11.8. The summed E-state index contributed by atoms with van der Waals surface area (Å²) in [5, 5.41) is 0. The summed E-state index contributed by atoms with van der Waals surface area (Å²) in [6.45, 7) is 2.26. The molecule has 0 saturated heterocycles. The molecule has 1 aromatic rings. The molecule has 0 N–H and O–H groups in total. The molecule has 1 aromatic carbocycles. The maximum absolute atomic E-state index is 10.9. The summed E-state index contributed by atoms with van der Waals surface area (Å²) >= 11 is 0. The van der Waals surface area contributed by atoms with Crippen molar-refractivity contribution in [2.24, 2.45) is 0 Å². The first-order valence-corrected chi connectivity index (χ1v) is 9.60. The molecule has 0 unspecified atom stereocenters. The van der Waals surface area contributed by atoms with Gasteiger partial charge in [-0.1, -0.05) is 76.8 Å². The summed E-state index contributed by atoms with van der Waals surface area (Å²) in [7, 11) is 1.67. The number of methoxy groups -OCH3 is 1. The second-order valence-corrected chi connectivity index (χ2v) is 6.49. The Morgan fingerprint density at radius 3 is 1.92 bits per heavy atom. The van der Waals surface area contributed by atoms with Crippen LogP contribution < -0.4 is 4.74 Å². The summed E-state index contributed by atoms with van der Waals surface area (Å²) in [5.41, 5.74) is 2.26. The van der Waals surface area contributed by atoms with Gasteiger partial charge in [-0.15, -0.1) is 0 Å². The van der Waals surface area contributed by atoms with Gasteiger partial charge in [-0.05, 0) is 42.2 Å². The minimum Gasteiger partial charge on any atom is -0.497 e. The maximum atomic E-state index is 10.9. The summed E-state index contributed by atoms with van der Waals surface area (Å²) < 4.78 is 5.19. The third-order valence-corrected chi connectivity index (χ3v) is 4.53. The molecule has 0 amide bonds. The molecular formula is C22H34O2. The normalized spacial score (nSPS) is 11.5. The van der Waals surface area contributed by atoms with E-state index < -0.39 is 0 Å². The first-order valence-electron chi connectivity index (χ1n) is 9.60. The number of allylic oxidation sites excluding steroid dienone is 2. The van der Waals surface area contributed by atoms with Crippen LogP contribution in [0.4, 0.5) is 0 Å². The molecule has 0 radical (unpaired) electrons. The van der Waals surface area contributed by atoms with Crippen LogP contribution in [-0.2, 0) is 4.79 Å². The Bertz CT molecular complexity index is 459. The fourth-order valence-corrected chi connectivity index (χ4v) is 3.01. The third kappa shape index (κ3) is 8.90. The Hall–Kier alpha value is -1.57. The minimum atomic E-state index is 0.850. The van der Waals surface area contributed by atoms with Crippen LogP contribution in [0, 0.1) is 0 Å². The van der Waals surface area contributed by atoms with Crippen LogP contribution in [-0.4, -0.2) is 13.4 Å². The monoisotopic (exact) mass is 330 g/mol. The molecule has 0 heterocycles. The van der Waals surface area contributed by atoms with Crippen molar-refractivity contribution in [3.8, 4) is 5.75 Å². The van der Waals surface area contributed by atoms with Gasteiger partial charge >= 0.3 is 0 Å². The molecule has 0 aliphatic carbocycles.